The van der Waals surface area contributed by atoms with Crippen molar-refractivity contribution >= 4 is 5.97 Å². The van der Waals surface area contributed by atoms with Gasteiger partial charge in [0.1, 0.15) is 5.75 Å². The Bertz CT molecular complexity index is 754. The molecule has 3 unspecified atom stereocenters. The van der Waals surface area contributed by atoms with Crippen LogP contribution in [0.4, 0.5) is 0 Å². The number of unbranched alkanes of at least 4 members (excludes halogenated alkanes) is 1. The van der Waals surface area contributed by atoms with Crippen molar-refractivity contribution in [3.8, 4) is 5.75 Å². The molecule has 5 atom stereocenters. The summed E-state index contributed by atoms with van der Waals surface area (Å²) in [6.07, 6.45) is 9.94. The highest BCUT2D eigenvalue weighted by atomic mass is 16.5. The van der Waals surface area contributed by atoms with Crippen molar-refractivity contribution in [2.45, 2.75) is 83.2 Å². The van der Waals surface area contributed by atoms with E-state index in [0.29, 0.717) is 25.7 Å². The van der Waals surface area contributed by atoms with Crippen molar-refractivity contribution in [1.29, 1.82) is 0 Å². The summed E-state index contributed by atoms with van der Waals surface area (Å²) >= 11 is 0. The van der Waals surface area contributed by atoms with Crippen LogP contribution in [-0.2, 0) is 16.0 Å². The van der Waals surface area contributed by atoms with Gasteiger partial charge in [-0.2, -0.15) is 0 Å². The standard InChI is InChI=1S/C27H40O6/c1-19(2)33-27(31)9-7-5-4-6-8-23-24(26(30)18-25(23)29)17-14-21(28)13-10-20-11-15-22(32-3)16-12-20/h4,6,11-12,14-17,19,21,23-26,28-30H,5,7-10,13,18H2,1-3H3/b6-4-,17-14+/t21?,23-,24-,25?,26?/m1/s1. The first-order valence-electron chi connectivity index (χ1n) is 12.0. The zero-order chi connectivity index (χ0) is 24.2. The average Bonchev–Trinajstić information content (AvgIpc) is 3.05. The maximum Gasteiger partial charge on any atom is 0.306 e. The number of allylic oxidation sites excluding steroid dienone is 2. The Balaban J connectivity index is 1.78. The summed E-state index contributed by atoms with van der Waals surface area (Å²) in [7, 11) is 1.63. The highest BCUT2D eigenvalue weighted by Crippen LogP contribution is 2.36. The third kappa shape index (κ3) is 9.70. The zero-order valence-corrected chi connectivity index (χ0v) is 20.1. The number of rotatable bonds is 13. The van der Waals surface area contributed by atoms with E-state index in [4.69, 9.17) is 9.47 Å². The molecule has 1 aliphatic carbocycles. The molecular formula is C27H40O6. The molecule has 184 valence electrons. The van der Waals surface area contributed by atoms with Gasteiger partial charge < -0.3 is 24.8 Å². The number of ether oxygens (including phenoxy) is 2. The molecule has 1 saturated carbocycles. The van der Waals surface area contributed by atoms with E-state index in [2.05, 4.69) is 0 Å². The van der Waals surface area contributed by atoms with E-state index in [-0.39, 0.29) is 23.9 Å². The SMILES string of the molecule is COc1ccc(CCC(O)/C=C/[C@H]2C(O)CC(O)[C@@H]2C/C=C\CCCC(=O)OC(C)C)cc1. The van der Waals surface area contributed by atoms with E-state index in [0.717, 1.165) is 30.6 Å². The predicted molar refractivity (Wildman–Crippen MR) is 129 cm³/mol. The van der Waals surface area contributed by atoms with Crippen molar-refractivity contribution < 1.29 is 29.6 Å². The van der Waals surface area contributed by atoms with Gasteiger partial charge in [0.15, 0.2) is 0 Å². The van der Waals surface area contributed by atoms with E-state index in [1.807, 2.05) is 56.3 Å². The van der Waals surface area contributed by atoms with E-state index < -0.39 is 18.3 Å². The summed E-state index contributed by atoms with van der Waals surface area (Å²) in [6, 6.07) is 7.79. The van der Waals surface area contributed by atoms with Crippen LogP contribution >= 0.6 is 0 Å². The first kappa shape index (κ1) is 27.1. The van der Waals surface area contributed by atoms with Gasteiger partial charge in [0.05, 0.1) is 31.5 Å². The Morgan fingerprint density at radius 1 is 1.15 bits per heavy atom. The van der Waals surface area contributed by atoms with Crippen molar-refractivity contribution in [3.05, 3.63) is 54.1 Å². The first-order valence-corrected chi connectivity index (χ1v) is 12.0. The lowest BCUT2D eigenvalue weighted by molar-refractivity contribution is -0.147. The van der Waals surface area contributed by atoms with Crippen LogP contribution in [0.15, 0.2) is 48.6 Å². The molecule has 33 heavy (non-hydrogen) atoms. The number of aryl methyl sites for hydroxylation is 1. The number of methoxy groups -OCH3 is 1. The molecule has 0 heterocycles. The smallest absolute Gasteiger partial charge is 0.306 e. The molecule has 1 aromatic carbocycles. The highest BCUT2D eigenvalue weighted by molar-refractivity contribution is 5.69. The number of aliphatic hydroxyl groups excluding tert-OH is 3. The normalized spacial score (nSPS) is 24.1. The number of carbonyl (C=O) groups is 1. The average molecular weight is 461 g/mol. The largest absolute Gasteiger partial charge is 0.497 e. The molecule has 3 N–H and O–H groups in total. The van der Waals surface area contributed by atoms with E-state index in [9.17, 15) is 20.1 Å². The molecule has 6 heteroatoms. The minimum atomic E-state index is -0.616. The first-order chi connectivity index (χ1) is 15.8. The van der Waals surface area contributed by atoms with E-state index in [1.165, 1.54) is 0 Å². The summed E-state index contributed by atoms with van der Waals surface area (Å²) in [6.45, 7) is 3.67. The molecule has 0 saturated heterocycles. The van der Waals surface area contributed by atoms with Crippen LogP contribution in [0.3, 0.4) is 0 Å². The fourth-order valence-corrected chi connectivity index (χ4v) is 4.22. The van der Waals surface area contributed by atoms with Gasteiger partial charge in [-0.05, 0) is 69.6 Å². The molecule has 0 amide bonds. The summed E-state index contributed by atoms with van der Waals surface area (Å²) < 4.78 is 10.3. The number of aliphatic hydroxyl groups is 3. The van der Waals surface area contributed by atoms with Crippen LogP contribution in [0.5, 0.6) is 5.75 Å². The maximum absolute atomic E-state index is 11.6. The second-order valence-corrected chi connectivity index (χ2v) is 9.09. The number of benzene rings is 1. The monoisotopic (exact) mass is 460 g/mol. The fourth-order valence-electron chi connectivity index (χ4n) is 4.22. The van der Waals surface area contributed by atoms with Crippen LogP contribution < -0.4 is 4.74 Å². The van der Waals surface area contributed by atoms with Gasteiger partial charge in [0, 0.05) is 18.8 Å². The second-order valence-electron chi connectivity index (χ2n) is 9.09. The van der Waals surface area contributed by atoms with Gasteiger partial charge in [-0.15, -0.1) is 0 Å². The Morgan fingerprint density at radius 2 is 1.88 bits per heavy atom. The molecule has 6 nitrogen and oxygen atoms in total. The molecule has 0 aromatic heterocycles. The van der Waals surface area contributed by atoms with Gasteiger partial charge >= 0.3 is 5.97 Å². The van der Waals surface area contributed by atoms with Crippen LogP contribution in [0, 0.1) is 11.8 Å². The minimum absolute atomic E-state index is 0.0886. The molecule has 1 aromatic rings. The highest BCUT2D eigenvalue weighted by Gasteiger charge is 2.39. The topological polar surface area (TPSA) is 96.2 Å². The lowest BCUT2D eigenvalue weighted by atomic mass is 9.89. The molecule has 2 rings (SSSR count). The van der Waals surface area contributed by atoms with Crippen LogP contribution in [-0.4, -0.2) is 52.8 Å². The van der Waals surface area contributed by atoms with Gasteiger partial charge in [0.25, 0.3) is 0 Å². The lowest BCUT2D eigenvalue weighted by Crippen LogP contribution is -2.20. The Hall–Kier alpha value is -2.15. The number of hydrogen-bond donors (Lipinski definition) is 3. The molecule has 0 bridgehead atoms. The number of hydrogen-bond acceptors (Lipinski definition) is 6. The van der Waals surface area contributed by atoms with Crippen LogP contribution in [0.2, 0.25) is 0 Å². The molecule has 1 fully saturated rings. The molecule has 0 aliphatic heterocycles. The summed E-state index contributed by atoms with van der Waals surface area (Å²) in [5.41, 5.74) is 1.13. The minimum Gasteiger partial charge on any atom is -0.497 e. The van der Waals surface area contributed by atoms with Gasteiger partial charge in [-0.3, -0.25) is 4.79 Å². The fraction of sp³-hybridized carbons (Fsp3) is 0.593. The van der Waals surface area contributed by atoms with E-state index in [1.54, 1.807) is 13.2 Å². The second kappa shape index (κ2) is 14.2. The van der Waals surface area contributed by atoms with Gasteiger partial charge in [-0.1, -0.05) is 36.4 Å². The lowest BCUT2D eigenvalue weighted by Gasteiger charge is -2.19. The Labute approximate surface area is 197 Å². The third-order valence-corrected chi connectivity index (χ3v) is 6.05. The van der Waals surface area contributed by atoms with Gasteiger partial charge in [0.2, 0.25) is 0 Å². The molecule has 1 aliphatic rings. The van der Waals surface area contributed by atoms with Gasteiger partial charge in [-0.25, -0.2) is 0 Å². The number of carbonyl (C=O) groups excluding carboxylic acids is 1. The Kier molecular flexibility index (Phi) is 11.6. The summed E-state index contributed by atoms with van der Waals surface area (Å²) in [4.78, 5) is 11.6. The third-order valence-electron chi connectivity index (χ3n) is 6.05. The quantitative estimate of drug-likeness (QED) is 0.234. The van der Waals surface area contributed by atoms with E-state index >= 15 is 0 Å². The molecule has 0 spiro atoms. The van der Waals surface area contributed by atoms with Crippen LogP contribution in [0.1, 0.15) is 57.9 Å². The van der Waals surface area contributed by atoms with Crippen molar-refractivity contribution in [1.82, 2.24) is 0 Å². The van der Waals surface area contributed by atoms with Crippen LogP contribution in [0.25, 0.3) is 0 Å². The van der Waals surface area contributed by atoms with Crippen molar-refractivity contribution in [2.24, 2.45) is 11.8 Å². The number of esters is 1. The predicted octanol–water partition coefficient (Wildman–Crippen LogP) is 3.97. The van der Waals surface area contributed by atoms with Crippen molar-refractivity contribution in [2.75, 3.05) is 7.11 Å². The van der Waals surface area contributed by atoms with Crippen molar-refractivity contribution in [3.63, 3.8) is 0 Å². The summed E-state index contributed by atoms with van der Waals surface area (Å²) in [5, 5.41) is 31.2. The summed E-state index contributed by atoms with van der Waals surface area (Å²) in [5.74, 6) is 0.346. The molecule has 0 radical (unpaired) electrons. The molecular weight excluding hydrogens is 420 g/mol. The Morgan fingerprint density at radius 3 is 2.55 bits per heavy atom. The maximum atomic E-state index is 11.6. The zero-order valence-electron chi connectivity index (χ0n) is 20.1.